The molecule has 5 heterocycles. The number of aliphatic hydroxyl groups excluding tert-OH is 5. The zero-order chi connectivity index (χ0) is 94.5. The molecule has 15 nitrogen and oxygen atoms in total. The molecule has 10 aromatic carbocycles. The molecular formula is C113H116Ir5N5O10-5. The number of fused-ring (bicyclic) bond motifs is 5. The summed E-state index contributed by atoms with van der Waals surface area (Å²) in [5.41, 5.74) is 27.8. The molecule has 0 saturated heterocycles. The van der Waals surface area contributed by atoms with E-state index in [9.17, 15) is 24.0 Å². The van der Waals surface area contributed by atoms with E-state index < -0.39 is 0 Å². The van der Waals surface area contributed by atoms with Gasteiger partial charge >= 0.3 is 0 Å². The molecule has 5 radical (unpaired) electrons. The van der Waals surface area contributed by atoms with E-state index in [1.165, 1.54) is 165 Å². The van der Waals surface area contributed by atoms with E-state index in [1.807, 2.05) is 91.0 Å². The summed E-state index contributed by atoms with van der Waals surface area (Å²) < 4.78 is 0. The first-order valence-corrected chi connectivity index (χ1v) is 41.7. The fourth-order valence-corrected chi connectivity index (χ4v) is 12.9. The van der Waals surface area contributed by atoms with Gasteiger partial charge in [0.05, 0.1) is 56.4 Å². The van der Waals surface area contributed by atoms with Crippen molar-refractivity contribution in [2.24, 2.45) is 0 Å². The average molecular weight is 2670 g/mol. The molecule has 20 heteroatoms. The predicted octanol–water partition coefficient (Wildman–Crippen LogP) is 27.8. The van der Waals surface area contributed by atoms with E-state index in [0.717, 1.165) is 101 Å². The maximum Gasteiger partial charge on any atom is 0.155 e. The summed E-state index contributed by atoms with van der Waals surface area (Å²) in [5, 5.41) is 47.7. The summed E-state index contributed by atoms with van der Waals surface area (Å²) in [6.45, 7) is 39.8. The Morgan fingerprint density at radius 1 is 0.286 bits per heavy atom. The van der Waals surface area contributed by atoms with Gasteiger partial charge in [0, 0.05) is 136 Å². The van der Waals surface area contributed by atoms with Crippen molar-refractivity contribution in [1.82, 2.24) is 24.9 Å². The van der Waals surface area contributed by atoms with Crippen LogP contribution in [0.3, 0.4) is 0 Å². The molecule has 133 heavy (non-hydrogen) atoms. The monoisotopic (exact) mass is 2670 g/mol. The molecule has 0 amide bonds. The molecular weight excluding hydrogens is 2550 g/mol. The summed E-state index contributed by atoms with van der Waals surface area (Å²) in [6.07, 6.45) is 5.83. The van der Waals surface area contributed by atoms with Gasteiger partial charge in [-0.25, -0.2) is 0 Å². The number of carbonyl (C=O) groups is 5. The molecule has 15 aromatic rings. The fourth-order valence-electron chi connectivity index (χ4n) is 12.9. The van der Waals surface area contributed by atoms with Crippen LogP contribution in [0.5, 0.6) is 0 Å². The van der Waals surface area contributed by atoms with Crippen molar-refractivity contribution in [3.8, 4) is 56.3 Å². The summed E-state index contributed by atoms with van der Waals surface area (Å²) in [5.74, 6) is -0.312. The molecule has 0 atom stereocenters. The van der Waals surface area contributed by atoms with E-state index >= 15 is 0 Å². The molecule has 703 valence electrons. The van der Waals surface area contributed by atoms with Crippen LogP contribution in [-0.2, 0) is 130 Å². The number of para-hydroxylation sites is 5. The Bertz CT molecular complexity index is 6310. The number of aromatic nitrogens is 5. The number of ketones is 5. The zero-order valence-electron chi connectivity index (χ0n) is 79.2. The Kier molecular flexibility index (Phi) is 53.9. The Morgan fingerprint density at radius 2 is 0.609 bits per heavy atom. The topological polar surface area (TPSA) is 251 Å². The molecule has 0 bridgehead atoms. The Morgan fingerprint density at radius 3 is 0.962 bits per heavy atom. The second kappa shape index (κ2) is 59.9. The molecule has 5 N–H and O–H groups in total. The first kappa shape index (κ1) is 120. The molecule has 0 unspecified atom stereocenters. The molecule has 5 aromatic heterocycles. The normalized spacial score (nSPS) is 10.7. The minimum Gasteiger partial charge on any atom is -0.512 e. The van der Waals surface area contributed by atoms with Crippen LogP contribution in [0.1, 0.15) is 146 Å². The summed E-state index contributed by atoms with van der Waals surface area (Å²) >= 11 is 0. The van der Waals surface area contributed by atoms with E-state index in [-0.39, 0.29) is 164 Å². The number of carbonyl (C=O) groups excluding carboxylic acids is 5. The Hall–Kier alpha value is -11.5. The zero-order valence-corrected chi connectivity index (χ0v) is 91.1. The van der Waals surface area contributed by atoms with Crippen molar-refractivity contribution >= 4 is 83.4 Å². The molecule has 15 rings (SSSR count). The van der Waals surface area contributed by atoms with Gasteiger partial charge in [0.2, 0.25) is 0 Å². The number of hydrogen-bond donors (Lipinski definition) is 5. The molecule has 0 aliphatic rings. The van der Waals surface area contributed by atoms with Crippen LogP contribution in [0.15, 0.2) is 302 Å². The third kappa shape index (κ3) is 43.9. The van der Waals surface area contributed by atoms with Gasteiger partial charge in [-0.2, -0.15) is 0 Å². The summed E-state index contributed by atoms with van der Waals surface area (Å²) in [6, 6.07) is 99.9. The van der Waals surface area contributed by atoms with E-state index in [1.54, 1.807) is 0 Å². The first-order valence-electron chi connectivity index (χ1n) is 41.7. The van der Waals surface area contributed by atoms with Gasteiger partial charge in [0.15, 0.2) is 28.9 Å². The van der Waals surface area contributed by atoms with Crippen LogP contribution >= 0.6 is 0 Å². The minimum absolute atomic E-state index is 0. The van der Waals surface area contributed by atoms with Crippen molar-refractivity contribution in [2.75, 3.05) is 0 Å². The molecule has 0 spiro atoms. The van der Waals surface area contributed by atoms with Gasteiger partial charge in [0.1, 0.15) is 0 Å². The van der Waals surface area contributed by atoms with Gasteiger partial charge in [-0.05, 0) is 174 Å². The molecule has 0 aliphatic heterocycles. The standard InChI is InChI=1S/C19H18N.2C18H16N.C17H14N.C16H12N.5C5H8O2.5Ir/c1-19(2,3)16-9-6-8-15(13-16)18-12-11-14-7-4-5-10-17(14)20-18;1-12-8-13(2)10-15(9-12)18-11-14(3)16-6-4-5-7-17(16)19-18;1-12-8-13(2)10-16(9-12)18-14(3)11-15-6-4-5-7-17(15)19-18;1-12-9-13(2)11-15(10-12)17-8-7-14-5-3-4-6-16(14)18-17;1-12-6-8-14(9-7-12)16-11-10-13-4-2-3-5-15(13)17-16;5*1-4(6)3-5(2)7;;;;;/h4-7,9-13H,1-3H3;2*4-9,11H,1-3H3;3-10H,1-2H3;2-8,10-11H,1H3;5*3,6H,1-2H3;;;;;/q5*-1;;;;;;;;;;. The number of hydrogen-bond acceptors (Lipinski definition) is 15. The third-order valence-corrected chi connectivity index (χ3v) is 18.1. The van der Waals surface area contributed by atoms with Crippen molar-refractivity contribution in [3.05, 3.63) is 388 Å². The number of aryl methyl sites for hydroxylation is 9. The molecule has 0 aliphatic carbocycles. The quantitative estimate of drug-likeness (QED) is 0.0485. The van der Waals surface area contributed by atoms with Crippen molar-refractivity contribution in [3.63, 3.8) is 0 Å². The average Bonchev–Trinajstić information content (AvgIpc) is 0.806. The largest absolute Gasteiger partial charge is 0.512 e. The smallest absolute Gasteiger partial charge is 0.155 e. The minimum atomic E-state index is -0.125. The first-order chi connectivity index (χ1) is 60.5. The number of nitrogens with zero attached hydrogens (tertiary/aromatic N) is 5. The van der Waals surface area contributed by atoms with Crippen molar-refractivity contribution in [2.45, 2.75) is 158 Å². The van der Waals surface area contributed by atoms with E-state index in [0.29, 0.717) is 0 Å². The van der Waals surface area contributed by atoms with Crippen LogP contribution in [0, 0.1) is 92.6 Å². The van der Waals surface area contributed by atoms with Crippen LogP contribution < -0.4 is 0 Å². The fraction of sp³-hybridized carbons (Fsp3) is 0.204. The maximum atomic E-state index is 10.0. The van der Waals surface area contributed by atoms with Crippen LogP contribution in [0.2, 0.25) is 0 Å². The third-order valence-electron chi connectivity index (χ3n) is 18.1. The number of allylic oxidation sites excluding steroid dienone is 10. The van der Waals surface area contributed by atoms with Crippen molar-refractivity contribution < 1.29 is 150 Å². The second-order valence-corrected chi connectivity index (χ2v) is 32.1. The van der Waals surface area contributed by atoms with E-state index in [2.05, 4.69) is 270 Å². The van der Waals surface area contributed by atoms with Gasteiger partial charge in [-0.3, -0.25) is 48.9 Å². The van der Waals surface area contributed by atoms with Crippen LogP contribution in [0.4, 0.5) is 0 Å². The Labute approximate surface area is 852 Å². The summed E-state index contributed by atoms with van der Waals surface area (Å²) in [7, 11) is 0. The van der Waals surface area contributed by atoms with Crippen LogP contribution in [-0.4, -0.2) is 79.4 Å². The van der Waals surface area contributed by atoms with Crippen LogP contribution in [0.25, 0.3) is 111 Å². The molecule has 0 saturated carbocycles. The SMILES string of the molecule is CC(=O)C=C(C)O.CC(=O)C=C(C)O.CC(=O)C=C(C)O.CC(=O)C=C(C)O.CC(=O)C=C(C)O.CC(C)(C)c1cc[c-]c(-c2ccc3ccccc3n2)c1.Cc1[c-]c(-c2cc(C)c3ccccc3n2)cc(C)c1.Cc1[c-]c(-c2ccc3ccccc3n2)cc(C)c1.Cc1[c-]c(-c2nc3ccccc3cc2C)cc(C)c1.Cc1c[c-]c(-c2ccc3ccccc3n2)cc1.[Ir].[Ir].[Ir].[Ir].[Ir]. The Balaban J connectivity index is 0.000000757. The number of rotatable bonds is 10. The number of aliphatic hydroxyl groups is 5. The maximum absolute atomic E-state index is 10.0. The number of benzene rings is 10. The van der Waals surface area contributed by atoms with Crippen molar-refractivity contribution in [1.29, 1.82) is 0 Å². The van der Waals surface area contributed by atoms with Gasteiger partial charge in [-0.1, -0.05) is 214 Å². The summed E-state index contributed by atoms with van der Waals surface area (Å²) in [4.78, 5) is 73.7. The van der Waals surface area contributed by atoms with E-state index in [4.69, 9.17) is 45.5 Å². The van der Waals surface area contributed by atoms with Gasteiger partial charge in [0.25, 0.3) is 0 Å². The van der Waals surface area contributed by atoms with Gasteiger partial charge in [-0.15, -0.1) is 175 Å². The molecule has 0 fully saturated rings. The predicted molar refractivity (Wildman–Crippen MR) is 527 cm³/mol. The second-order valence-electron chi connectivity index (χ2n) is 32.1. The number of pyridine rings is 5. The van der Waals surface area contributed by atoms with Gasteiger partial charge < -0.3 is 25.5 Å².